The molecule has 0 radical (unpaired) electrons. The molecule has 18 heavy (non-hydrogen) atoms. The second-order valence-electron chi connectivity index (χ2n) is 4.45. The standard InChI is InChI=1S/C12H19FN4O/c1-3-14-12-15-6-10(13)11(16-12)17-5-4-9(7-17)8-18-2/h6,9H,3-5,7-8H2,1-2H3,(H,14,15,16). The summed E-state index contributed by atoms with van der Waals surface area (Å²) in [5.41, 5.74) is 0. The zero-order valence-electron chi connectivity index (χ0n) is 10.8. The number of nitrogens with zero attached hydrogens (tertiary/aromatic N) is 3. The molecule has 0 amide bonds. The number of nitrogens with one attached hydrogen (secondary N) is 1. The molecule has 1 aromatic heterocycles. The number of hydrogen-bond acceptors (Lipinski definition) is 5. The van der Waals surface area contributed by atoms with Crippen LogP contribution in [0.25, 0.3) is 0 Å². The smallest absolute Gasteiger partial charge is 0.224 e. The van der Waals surface area contributed by atoms with Crippen LogP contribution >= 0.6 is 0 Å². The highest BCUT2D eigenvalue weighted by molar-refractivity contribution is 5.44. The van der Waals surface area contributed by atoms with Crippen LogP contribution in [0.4, 0.5) is 16.2 Å². The highest BCUT2D eigenvalue weighted by atomic mass is 19.1. The van der Waals surface area contributed by atoms with E-state index in [2.05, 4.69) is 15.3 Å². The van der Waals surface area contributed by atoms with E-state index in [0.717, 1.165) is 26.1 Å². The lowest BCUT2D eigenvalue weighted by atomic mass is 10.1. The lowest BCUT2D eigenvalue weighted by Gasteiger charge is -2.18. The minimum atomic E-state index is -0.366. The van der Waals surface area contributed by atoms with Gasteiger partial charge in [-0.25, -0.2) is 9.37 Å². The third-order valence-corrected chi connectivity index (χ3v) is 3.05. The fraction of sp³-hybridized carbons (Fsp3) is 0.667. The molecular formula is C12H19FN4O. The number of methoxy groups -OCH3 is 1. The molecule has 1 atom stereocenters. The lowest BCUT2D eigenvalue weighted by molar-refractivity contribution is 0.161. The molecule has 2 rings (SSSR count). The van der Waals surface area contributed by atoms with E-state index in [-0.39, 0.29) is 5.82 Å². The normalized spacial score (nSPS) is 19.3. The van der Waals surface area contributed by atoms with Crippen molar-refractivity contribution in [3.8, 4) is 0 Å². The van der Waals surface area contributed by atoms with Gasteiger partial charge in [0.15, 0.2) is 11.6 Å². The van der Waals surface area contributed by atoms with E-state index in [1.165, 1.54) is 6.20 Å². The van der Waals surface area contributed by atoms with Crippen LogP contribution in [0, 0.1) is 11.7 Å². The monoisotopic (exact) mass is 254 g/mol. The average molecular weight is 254 g/mol. The Kier molecular flexibility index (Phi) is 4.30. The minimum Gasteiger partial charge on any atom is -0.384 e. The number of aromatic nitrogens is 2. The summed E-state index contributed by atoms with van der Waals surface area (Å²) in [6.07, 6.45) is 2.23. The fourth-order valence-corrected chi connectivity index (χ4v) is 2.22. The molecule has 1 unspecified atom stereocenters. The Morgan fingerprint density at radius 1 is 1.61 bits per heavy atom. The van der Waals surface area contributed by atoms with Crippen molar-refractivity contribution in [2.45, 2.75) is 13.3 Å². The van der Waals surface area contributed by atoms with E-state index < -0.39 is 0 Å². The van der Waals surface area contributed by atoms with E-state index in [9.17, 15) is 4.39 Å². The highest BCUT2D eigenvalue weighted by Crippen LogP contribution is 2.25. The predicted octanol–water partition coefficient (Wildman–Crippen LogP) is 1.52. The minimum absolute atomic E-state index is 0.366. The Bertz CT molecular complexity index is 402. The van der Waals surface area contributed by atoms with Gasteiger partial charge >= 0.3 is 0 Å². The summed E-state index contributed by atoms with van der Waals surface area (Å²) in [5, 5.41) is 2.99. The quantitative estimate of drug-likeness (QED) is 0.863. The lowest BCUT2D eigenvalue weighted by Crippen LogP contribution is -2.24. The summed E-state index contributed by atoms with van der Waals surface area (Å²) >= 11 is 0. The molecule has 0 aliphatic carbocycles. The summed E-state index contributed by atoms with van der Waals surface area (Å²) in [7, 11) is 1.69. The van der Waals surface area contributed by atoms with Crippen LogP contribution in [0.5, 0.6) is 0 Å². The molecule has 0 bridgehead atoms. The number of anilines is 2. The van der Waals surface area contributed by atoms with Gasteiger partial charge in [-0.3, -0.25) is 0 Å². The van der Waals surface area contributed by atoms with Gasteiger partial charge in [0.1, 0.15) is 0 Å². The summed E-state index contributed by atoms with van der Waals surface area (Å²) in [6, 6.07) is 0. The van der Waals surface area contributed by atoms with E-state index in [4.69, 9.17) is 4.74 Å². The fourth-order valence-electron chi connectivity index (χ4n) is 2.22. The molecule has 0 spiro atoms. The van der Waals surface area contributed by atoms with Crippen LogP contribution in [0.2, 0.25) is 0 Å². The van der Waals surface area contributed by atoms with Crippen LogP contribution < -0.4 is 10.2 Å². The Hall–Kier alpha value is -1.43. The molecule has 1 aliphatic heterocycles. The third kappa shape index (κ3) is 2.87. The van der Waals surface area contributed by atoms with Gasteiger partial charge in [0, 0.05) is 32.7 Å². The first-order valence-corrected chi connectivity index (χ1v) is 6.25. The molecule has 1 saturated heterocycles. The Balaban J connectivity index is 2.10. The molecule has 100 valence electrons. The third-order valence-electron chi connectivity index (χ3n) is 3.05. The van der Waals surface area contributed by atoms with Crippen LogP contribution in [0.1, 0.15) is 13.3 Å². The molecule has 6 heteroatoms. The van der Waals surface area contributed by atoms with Gasteiger partial charge in [-0.1, -0.05) is 0 Å². The Morgan fingerprint density at radius 2 is 2.44 bits per heavy atom. The SMILES string of the molecule is CCNc1ncc(F)c(N2CCC(COC)C2)n1. The van der Waals surface area contributed by atoms with Crippen molar-refractivity contribution >= 4 is 11.8 Å². The van der Waals surface area contributed by atoms with Crippen molar-refractivity contribution in [2.24, 2.45) is 5.92 Å². The van der Waals surface area contributed by atoms with Crippen molar-refractivity contribution < 1.29 is 9.13 Å². The molecule has 1 aliphatic rings. The van der Waals surface area contributed by atoms with Gasteiger partial charge in [0.05, 0.1) is 12.8 Å². The van der Waals surface area contributed by atoms with Crippen LogP contribution in [-0.4, -0.2) is 43.3 Å². The first kappa shape index (κ1) is 13.0. The predicted molar refractivity (Wildman–Crippen MR) is 68.3 cm³/mol. The molecule has 0 aromatic carbocycles. The maximum Gasteiger partial charge on any atom is 0.224 e. The molecular weight excluding hydrogens is 235 g/mol. The van der Waals surface area contributed by atoms with E-state index in [1.54, 1.807) is 7.11 Å². The van der Waals surface area contributed by atoms with E-state index >= 15 is 0 Å². The Labute approximate surface area is 106 Å². The van der Waals surface area contributed by atoms with Crippen molar-refractivity contribution in [3.05, 3.63) is 12.0 Å². The molecule has 2 heterocycles. The molecule has 0 saturated carbocycles. The van der Waals surface area contributed by atoms with Crippen molar-refractivity contribution in [1.82, 2.24) is 9.97 Å². The first-order chi connectivity index (χ1) is 8.74. The molecule has 5 nitrogen and oxygen atoms in total. The average Bonchev–Trinajstić information content (AvgIpc) is 2.81. The van der Waals surface area contributed by atoms with Crippen LogP contribution in [0.15, 0.2) is 6.20 Å². The van der Waals surface area contributed by atoms with Crippen LogP contribution in [0.3, 0.4) is 0 Å². The van der Waals surface area contributed by atoms with Gasteiger partial charge in [-0.05, 0) is 13.3 Å². The summed E-state index contributed by atoms with van der Waals surface area (Å²) < 4.78 is 18.9. The van der Waals surface area contributed by atoms with Crippen molar-refractivity contribution in [3.63, 3.8) is 0 Å². The van der Waals surface area contributed by atoms with Gasteiger partial charge in [0.25, 0.3) is 0 Å². The summed E-state index contributed by atoms with van der Waals surface area (Å²) in [6.45, 7) is 4.98. The largest absolute Gasteiger partial charge is 0.384 e. The first-order valence-electron chi connectivity index (χ1n) is 6.25. The molecule has 1 aromatic rings. The number of ether oxygens (including phenoxy) is 1. The molecule has 1 fully saturated rings. The number of halogens is 1. The zero-order chi connectivity index (χ0) is 13.0. The maximum atomic E-state index is 13.7. The van der Waals surface area contributed by atoms with Crippen LogP contribution in [-0.2, 0) is 4.74 Å². The summed E-state index contributed by atoms with van der Waals surface area (Å²) in [5.74, 6) is 0.949. The van der Waals surface area contributed by atoms with E-state index in [0.29, 0.717) is 24.3 Å². The summed E-state index contributed by atoms with van der Waals surface area (Å²) in [4.78, 5) is 10.1. The Morgan fingerprint density at radius 3 is 3.17 bits per heavy atom. The molecule has 1 N–H and O–H groups in total. The van der Waals surface area contributed by atoms with Crippen molar-refractivity contribution in [1.29, 1.82) is 0 Å². The van der Waals surface area contributed by atoms with Crippen molar-refractivity contribution in [2.75, 3.05) is 43.6 Å². The van der Waals surface area contributed by atoms with Gasteiger partial charge in [0.2, 0.25) is 5.95 Å². The van der Waals surface area contributed by atoms with E-state index in [1.807, 2.05) is 11.8 Å². The topological polar surface area (TPSA) is 50.3 Å². The van der Waals surface area contributed by atoms with Gasteiger partial charge in [-0.15, -0.1) is 0 Å². The van der Waals surface area contributed by atoms with Gasteiger partial charge < -0.3 is 15.0 Å². The number of hydrogen-bond donors (Lipinski definition) is 1. The second kappa shape index (κ2) is 5.95. The maximum absolute atomic E-state index is 13.7. The van der Waals surface area contributed by atoms with Gasteiger partial charge in [-0.2, -0.15) is 4.98 Å². The highest BCUT2D eigenvalue weighted by Gasteiger charge is 2.25. The second-order valence-corrected chi connectivity index (χ2v) is 4.45. The number of rotatable bonds is 5. The zero-order valence-corrected chi connectivity index (χ0v) is 10.8.